The molecule has 2 aliphatic rings. The van der Waals surface area contributed by atoms with Crippen molar-refractivity contribution in [3.05, 3.63) is 59.2 Å². The topological polar surface area (TPSA) is 69.6 Å². The second-order valence-corrected chi connectivity index (χ2v) is 11.2. The van der Waals surface area contributed by atoms with Gasteiger partial charge in [-0.1, -0.05) is 25.1 Å². The molecule has 1 saturated heterocycles. The van der Waals surface area contributed by atoms with Crippen molar-refractivity contribution in [2.45, 2.75) is 55.0 Å². The van der Waals surface area contributed by atoms with Crippen molar-refractivity contribution in [3.63, 3.8) is 0 Å². The first-order chi connectivity index (χ1) is 14.2. The van der Waals surface area contributed by atoms with E-state index in [9.17, 15) is 13.5 Å². The van der Waals surface area contributed by atoms with Crippen LogP contribution < -0.4 is 5.32 Å². The summed E-state index contributed by atoms with van der Waals surface area (Å²) in [5.74, 6) is 0.343. The molecule has 1 fully saturated rings. The lowest BCUT2D eigenvalue weighted by molar-refractivity contribution is 0.157. The fourth-order valence-corrected chi connectivity index (χ4v) is 6.04. The molecule has 30 heavy (non-hydrogen) atoms. The number of benzene rings is 2. The number of hydrogen-bond donors (Lipinski definition) is 2. The minimum absolute atomic E-state index is 0.0259. The lowest BCUT2D eigenvalue weighted by Gasteiger charge is -2.48. The predicted molar refractivity (Wildman–Crippen MR) is 120 cm³/mol. The number of hydrogen-bond acceptors (Lipinski definition) is 5. The van der Waals surface area contributed by atoms with Gasteiger partial charge in [-0.3, -0.25) is 0 Å². The van der Waals surface area contributed by atoms with Crippen LogP contribution in [0.15, 0.2) is 47.4 Å². The Morgan fingerprint density at radius 3 is 2.63 bits per heavy atom. The Bertz CT molecular complexity index is 1020. The highest BCUT2D eigenvalue weighted by Gasteiger charge is 2.47. The SMILES string of the molecule is CN1CCC[C@@]2(C)c3cc(O)ccc3C[C@@H]1[C@H]2NCCc1ccc(S(C)(=O)=O)cc1. The highest BCUT2D eigenvalue weighted by Crippen LogP contribution is 2.45. The van der Waals surface area contributed by atoms with E-state index in [1.807, 2.05) is 24.3 Å². The fraction of sp³-hybridized carbons (Fsp3) is 0.500. The number of sulfone groups is 1. The molecule has 0 amide bonds. The van der Waals surface area contributed by atoms with E-state index in [2.05, 4.69) is 30.3 Å². The van der Waals surface area contributed by atoms with Gasteiger partial charge >= 0.3 is 0 Å². The van der Waals surface area contributed by atoms with Crippen molar-refractivity contribution in [1.82, 2.24) is 10.2 Å². The van der Waals surface area contributed by atoms with E-state index < -0.39 is 9.84 Å². The Balaban J connectivity index is 1.54. The normalized spacial score (nSPS) is 26.8. The largest absolute Gasteiger partial charge is 0.508 e. The molecule has 0 radical (unpaired) electrons. The maximum Gasteiger partial charge on any atom is 0.175 e. The van der Waals surface area contributed by atoms with E-state index in [4.69, 9.17) is 0 Å². The number of likely N-dealkylation sites (tertiary alicyclic amines) is 1. The van der Waals surface area contributed by atoms with Crippen molar-refractivity contribution in [3.8, 4) is 5.75 Å². The third kappa shape index (κ3) is 4.01. The standard InChI is InChI=1S/C24H32N2O3S/c1-24-12-4-14-26(2)22(15-18-7-8-19(27)16-21(18)24)23(24)25-13-11-17-5-9-20(10-6-17)30(3,28)29/h5-10,16,22-23,25,27H,4,11-15H2,1-3H3/t22-,23-,24+/m1/s1. The summed E-state index contributed by atoms with van der Waals surface area (Å²) >= 11 is 0. The zero-order valence-corrected chi connectivity index (χ0v) is 18.9. The van der Waals surface area contributed by atoms with Gasteiger partial charge in [-0.2, -0.15) is 0 Å². The van der Waals surface area contributed by atoms with Crippen molar-refractivity contribution >= 4 is 9.84 Å². The Morgan fingerprint density at radius 1 is 1.20 bits per heavy atom. The van der Waals surface area contributed by atoms with Gasteiger partial charge in [0.05, 0.1) is 4.90 Å². The molecule has 2 bridgehead atoms. The lowest BCUT2D eigenvalue weighted by Crippen LogP contribution is -2.60. The molecule has 0 aromatic heterocycles. The van der Waals surface area contributed by atoms with Gasteiger partial charge in [0.2, 0.25) is 0 Å². The van der Waals surface area contributed by atoms with Gasteiger partial charge in [0.15, 0.2) is 9.84 Å². The third-order valence-electron chi connectivity index (χ3n) is 7.11. The van der Waals surface area contributed by atoms with E-state index >= 15 is 0 Å². The van der Waals surface area contributed by atoms with Crippen LogP contribution in [0.2, 0.25) is 0 Å². The van der Waals surface area contributed by atoms with Crippen LogP contribution in [0.5, 0.6) is 5.75 Å². The van der Waals surface area contributed by atoms with Gasteiger partial charge in [-0.25, -0.2) is 8.42 Å². The minimum atomic E-state index is -3.16. The molecule has 2 aromatic rings. The molecule has 2 N–H and O–H groups in total. The maximum absolute atomic E-state index is 11.7. The van der Waals surface area contributed by atoms with Crippen LogP contribution in [-0.2, 0) is 28.1 Å². The Hall–Kier alpha value is -1.89. The first-order valence-electron chi connectivity index (χ1n) is 10.7. The van der Waals surface area contributed by atoms with E-state index in [-0.39, 0.29) is 5.41 Å². The Morgan fingerprint density at radius 2 is 1.93 bits per heavy atom. The summed E-state index contributed by atoms with van der Waals surface area (Å²) in [4.78, 5) is 2.85. The first kappa shape index (κ1) is 21.3. The average Bonchev–Trinajstić information content (AvgIpc) is 2.77. The minimum Gasteiger partial charge on any atom is -0.508 e. The number of phenolic OH excluding ortho intramolecular Hbond substituents is 1. The second kappa shape index (κ2) is 7.98. The van der Waals surface area contributed by atoms with Gasteiger partial charge in [0.25, 0.3) is 0 Å². The van der Waals surface area contributed by atoms with Crippen LogP contribution in [-0.4, -0.2) is 56.9 Å². The summed E-state index contributed by atoms with van der Waals surface area (Å²) in [6.07, 6.45) is 5.30. The van der Waals surface area contributed by atoms with E-state index in [1.54, 1.807) is 12.1 Å². The molecule has 2 aromatic carbocycles. The van der Waals surface area contributed by atoms with E-state index in [0.717, 1.165) is 44.3 Å². The number of rotatable bonds is 5. The molecule has 6 heteroatoms. The summed E-state index contributed by atoms with van der Waals surface area (Å²) in [7, 11) is -0.937. The smallest absolute Gasteiger partial charge is 0.175 e. The molecular weight excluding hydrogens is 396 g/mol. The maximum atomic E-state index is 11.7. The summed E-state index contributed by atoms with van der Waals surface area (Å²) in [5, 5.41) is 14.0. The zero-order chi connectivity index (χ0) is 21.5. The molecule has 0 saturated carbocycles. The van der Waals surface area contributed by atoms with Crippen molar-refractivity contribution in [2.75, 3.05) is 26.4 Å². The number of nitrogens with zero attached hydrogens (tertiary/aromatic N) is 1. The summed E-state index contributed by atoms with van der Waals surface area (Å²) in [5.41, 5.74) is 3.74. The molecule has 5 nitrogen and oxygen atoms in total. The summed E-state index contributed by atoms with van der Waals surface area (Å²) < 4.78 is 23.3. The number of likely N-dealkylation sites (N-methyl/N-ethyl adjacent to an activating group) is 1. The molecule has 4 rings (SSSR count). The van der Waals surface area contributed by atoms with Crippen molar-refractivity contribution in [2.24, 2.45) is 0 Å². The van der Waals surface area contributed by atoms with Gasteiger partial charge in [0.1, 0.15) is 5.75 Å². The van der Waals surface area contributed by atoms with Crippen molar-refractivity contribution in [1.29, 1.82) is 0 Å². The molecule has 162 valence electrons. The molecular formula is C24H32N2O3S. The predicted octanol–water partition coefficient (Wildman–Crippen LogP) is 2.90. The lowest BCUT2D eigenvalue weighted by atomic mass is 9.64. The van der Waals surface area contributed by atoms with Crippen LogP contribution >= 0.6 is 0 Å². The quantitative estimate of drug-likeness (QED) is 0.766. The van der Waals surface area contributed by atoms with Crippen LogP contribution in [0.25, 0.3) is 0 Å². The van der Waals surface area contributed by atoms with Crippen LogP contribution in [0.1, 0.15) is 36.5 Å². The monoisotopic (exact) mass is 428 g/mol. The third-order valence-corrected chi connectivity index (χ3v) is 8.24. The number of aromatic hydroxyl groups is 1. The average molecular weight is 429 g/mol. The van der Waals surface area contributed by atoms with Gasteiger partial charge in [0, 0.05) is 23.8 Å². The van der Waals surface area contributed by atoms with Crippen LogP contribution in [0.3, 0.4) is 0 Å². The van der Waals surface area contributed by atoms with Gasteiger partial charge in [-0.05, 0) is 86.8 Å². The highest BCUT2D eigenvalue weighted by atomic mass is 32.2. The van der Waals surface area contributed by atoms with E-state index in [1.165, 1.54) is 17.4 Å². The van der Waals surface area contributed by atoms with Gasteiger partial charge < -0.3 is 15.3 Å². The van der Waals surface area contributed by atoms with Crippen LogP contribution in [0.4, 0.5) is 0 Å². The summed E-state index contributed by atoms with van der Waals surface area (Å²) in [6, 6.07) is 13.8. The Kier molecular flexibility index (Phi) is 5.68. The van der Waals surface area contributed by atoms with E-state index in [0.29, 0.717) is 22.7 Å². The van der Waals surface area contributed by atoms with Crippen molar-refractivity contribution < 1.29 is 13.5 Å². The fourth-order valence-electron chi connectivity index (χ4n) is 5.41. The highest BCUT2D eigenvalue weighted by molar-refractivity contribution is 7.90. The summed E-state index contributed by atoms with van der Waals surface area (Å²) in [6.45, 7) is 4.26. The second-order valence-electron chi connectivity index (χ2n) is 9.21. The number of fused-ring (bicyclic) bond motifs is 4. The molecule has 1 heterocycles. The number of nitrogens with one attached hydrogen (secondary N) is 1. The number of phenols is 1. The zero-order valence-electron chi connectivity index (χ0n) is 18.1. The van der Waals surface area contributed by atoms with Crippen LogP contribution in [0, 0.1) is 0 Å². The molecule has 0 spiro atoms. The molecule has 3 atom stereocenters. The molecule has 1 aliphatic carbocycles. The molecule has 1 aliphatic heterocycles. The molecule has 0 unspecified atom stereocenters. The Labute approximate surface area is 180 Å². The first-order valence-corrected chi connectivity index (χ1v) is 12.6. The van der Waals surface area contributed by atoms with Gasteiger partial charge in [-0.15, -0.1) is 0 Å².